The van der Waals surface area contributed by atoms with E-state index in [2.05, 4.69) is 0 Å². The second-order valence-electron chi connectivity index (χ2n) is 7.66. The van der Waals surface area contributed by atoms with Crippen molar-refractivity contribution in [2.75, 3.05) is 6.16 Å². The minimum Gasteiger partial charge on any atom is -0.461 e. The van der Waals surface area contributed by atoms with E-state index in [0.29, 0.717) is 0 Å². The summed E-state index contributed by atoms with van der Waals surface area (Å²) in [5.41, 5.74) is 0.772. The minimum atomic E-state index is -2.14. The third-order valence-electron chi connectivity index (χ3n) is 5.01. The van der Waals surface area contributed by atoms with Gasteiger partial charge >= 0.3 is 23.6 Å². The van der Waals surface area contributed by atoms with E-state index in [1.165, 1.54) is 13.8 Å². The van der Waals surface area contributed by atoms with E-state index in [1.54, 1.807) is 24.3 Å². The van der Waals surface area contributed by atoms with Crippen LogP contribution in [-0.2, 0) is 43.4 Å². The van der Waals surface area contributed by atoms with Gasteiger partial charge < -0.3 is 36.6 Å². The number of carbonyl (C=O) groups excluding carboxylic acids is 2. The van der Waals surface area contributed by atoms with E-state index in [1.807, 2.05) is 6.07 Å². The lowest BCUT2D eigenvalue weighted by atomic mass is 10.1. The lowest BCUT2D eigenvalue weighted by Crippen LogP contribution is -2.22. The van der Waals surface area contributed by atoms with Crippen molar-refractivity contribution in [1.82, 2.24) is 0 Å². The lowest BCUT2D eigenvalue weighted by Gasteiger charge is -2.18. The molecular formula is C23H25O12P. The van der Waals surface area contributed by atoms with Crippen LogP contribution in [0.25, 0.3) is 0 Å². The molecule has 2 unspecified atom stereocenters. The summed E-state index contributed by atoms with van der Waals surface area (Å²) in [6, 6.07) is 9.02. The van der Waals surface area contributed by atoms with Crippen LogP contribution in [0.4, 0.5) is 0 Å². The van der Waals surface area contributed by atoms with Gasteiger partial charge in [0.1, 0.15) is 19.0 Å². The summed E-state index contributed by atoms with van der Waals surface area (Å²) in [7, 11) is -2.14. The average Bonchev–Trinajstić information content (AvgIpc) is 3.35. The summed E-state index contributed by atoms with van der Waals surface area (Å²) in [6.45, 7) is 2.48. The zero-order valence-electron chi connectivity index (χ0n) is 19.6. The molecule has 0 spiro atoms. The van der Waals surface area contributed by atoms with E-state index in [9.17, 15) is 24.1 Å². The molecule has 13 heteroatoms. The van der Waals surface area contributed by atoms with Crippen LogP contribution in [0, 0.1) is 19.8 Å². The molecule has 0 amide bonds. The van der Waals surface area contributed by atoms with E-state index >= 15 is 0 Å². The third-order valence-corrected chi connectivity index (χ3v) is 6.19. The Labute approximate surface area is 205 Å². The van der Waals surface area contributed by atoms with Crippen LogP contribution >= 0.6 is 8.38 Å². The van der Waals surface area contributed by atoms with Gasteiger partial charge in [-0.3, -0.25) is 9.59 Å². The quantitative estimate of drug-likeness (QED) is 0.256. The molecule has 194 valence electrons. The van der Waals surface area contributed by atoms with Gasteiger partial charge in [0.25, 0.3) is 0 Å². The minimum absolute atomic E-state index is 0.00332. The second-order valence-corrected chi connectivity index (χ2v) is 8.99. The van der Waals surface area contributed by atoms with Gasteiger partial charge in [0.2, 0.25) is 0 Å². The molecule has 12 nitrogen and oxygen atoms in total. The molecule has 36 heavy (non-hydrogen) atoms. The van der Waals surface area contributed by atoms with Crippen LogP contribution < -0.4 is 11.6 Å². The van der Waals surface area contributed by atoms with Gasteiger partial charge in [-0.15, -0.1) is 0 Å². The molecule has 0 aliphatic rings. The molecular weight excluding hydrogens is 499 g/mol. The van der Waals surface area contributed by atoms with Crippen LogP contribution in [0.3, 0.4) is 0 Å². The summed E-state index contributed by atoms with van der Waals surface area (Å²) >= 11 is 0. The average molecular weight is 524 g/mol. The Bertz CT molecular complexity index is 1250. The molecule has 3 rings (SSSR count). The van der Waals surface area contributed by atoms with Gasteiger partial charge in [0, 0.05) is 12.6 Å². The predicted octanol–water partition coefficient (Wildman–Crippen LogP) is 3.10. The maximum Gasteiger partial charge on any atom is 0.519 e. The molecule has 0 fully saturated rings. The van der Waals surface area contributed by atoms with Crippen molar-refractivity contribution >= 4 is 20.3 Å². The van der Waals surface area contributed by atoms with Crippen LogP contribution in [0.5, 0.6) is 0 Å². The summed E-state index contributed by atoms with van der Waals surface area (Å²) < 4.78 is 34.8. The van der Waals surface area contributed by atoms with Crippen molar-refractivity contribution in [3.63, 3.8) is 0 Å². The Kier molecular flexibility index (Phi) is 9.80. The smallest absolute Gasteiger partial charge is 0.461 e. The lowest BCUT2D eigenvalue weighted by molar-refractivity contribution is -0.150. The maximum atomic E-state index is 12.8. The molecule has 0 aliphatic carbocycles. The Morgan fingerprint density at radius 1 is 0.889 bits per heavy atom. The second kappa shape index (κ2) is 13.0. The van der Waals surface area contributed by atoms with Crippen molar-refractivity contribution in [2.45, 2.75) is 46.5 Å². The summed E-state index contributed by atoms with van der Waals surface area (Å²) in [6.07, 6.45) is -0.304. The number of ether oxygens (including phenoxy) is 2. The van der Waals surface area contributed by atoms with E-state index in [4.69, 9.17) is 31.7 Å². The molecule has 2 aromatic heterocycles. The van der Waals surface area contributed by atoms with Gasteiger partial charge in [0.15, 0.2) is 32.3 Å². The number of esters is 2. The topological polar surface area (TPSA) is 169 Å². The molecule has 2 heterocycles. The van der Waals surface area contributed by atoms with Crippen molar-refractivity contribution in [3.8, 4) is 0 Å². The third kappa shape index (κ3) is 8.33. The van der Waals surface area contributed by atoms with Gasteiger partial charge in [-0.25, -0.2) is 9.59 Å². The molecule has 1 N–H and O–H groups in total. The Morgan fingerprint density at radius 3 is 2.08 bits per heavy atom. The SMILES string of the molecule is Cc1oc(=O)oc1COC(=O)CCC(CP(O)OCc1oc(=O)oc1C)C(=O)OCc1ccccc1. The predicted molar refractivity (Wildman–Crippen MR) is 122 cm³/mol. The number of carbonyl (C=O) groups is 2. The molecule has 0 aliphatic heterocycles. The Hall–Kier alpha value is -3.47. The highest BCUT2D eigenvalue weighted by atomic mass is 31.2. The molecule has 0 bridgehead atoms. The maximum absolute atomic E-state index is 12.8. The first-order chi connectivity index (χ1) is 17.2. The normalized spacial score (nSPS) is 12.8. The highest BCUT2D eigenvalue weighted by Crippen LogP contribution is 2.37. The number of rotatable bonds is 13. The molecule has 2 atom stereocenters. The molecule has 1 aromatic carbocycles. The fourth-order valence-electron chi connectivity index (χ4n) is 3.03. The fraction of sp³-hybridized carbons (Fsp3) is 0.391. The number of benzene rings is 1. The summed E-state index contributed by atoms with van der Waals surface area (Å²) in [5, 5.41) is 0. The van der Waals surface area contributed by atoms with E-state index in [0.717, 1.165) is 5.56 Å². The summed E-state index contributed by atoms with van der Waals surface area (Å²) in [4.78, 5) is 57.6. The van der Waals surface area contributed by atoms with Crippen molar-refractivity contribution in [2.24, 2.45) is 5.92 Å². The van der Waals surface area contributed by atoms with Crippen LogP contribution in [0.15, 0.2) is 57.6 Å². The van der Waals surface area contributed by atoms with Crippen LogP contribution in [0.1, 0.15) is 41.4 Å². The molecule has 0 radical (unpaired) electrons. The van der Waals surface area contributed by atoms with Gasteiger partial charge in [-0.05, 0) is 25.8 Å². The monoisotopic (exact) mass is 524 g/mol. The van der Waals surface area contributed by atoms with Crippen molar-refractivity contribution < 1.29 is 46.1 Å². The highest BCUT2D eigenvalue weighted by Gasteiger charge is 2.27. The van der Waals surface area contributed by atoms with E-state index in [-0.39, 0.29) is 61.9 Å². The standard InChI is InChI=1S/C23H25O12P/c1-14-18(34-22(26)32-14)11-29-20(24)9-8-17(21(25)30-10-16-6-4-3-5-7-16)13-36(28)31-12-19-15(2)33-23(27)35-19/h3-7,17,28H,8-13H2,1-2H3. The first-order valence-corrected chi connectivity index (χ1v) is 12.3. The number of aryl methyl sites for hydroxylation is 2. The first-order valence-electron chi connectivity index (χ1n) is 10.9. The highest BCUT2D eigenvalue weighted by molar-refractivity contribution is 7.46. The summed E-state index contributed by atoms with van der Waals surface area (Å²) in [5.74, 6) is -3.34. The van der Waals surface area contributed by atoms with Crippen molar-refractivity contribution in [1.29, 1.82) is 0 Å². The fourth-order valence-corrected chi connectivity index (χ4v) is 4.11. The van der Waals surface area contributed by atoms with Gasteiger partial charge in [0.05, 0.1) is 5.92 Å². The number of hydrogen-bond donors (Lipinski definition) is 1. The Morgan fingerprint density at radius 2 is 1.50 bits per heavy atom. The van der Waals surface area contributed by atoms with Crippen molar-refractivity contribution in [3.05, 3.63) is 80.2 Å². The van der Waals surface area contributed by atoms with Gasteiger partial charge in [-0.2, -0.15) is 0 Å². The number of hydrogen-bond acceptors (Lipinski definition) is 12. The first kappa shape index (κ1) is 27.1. The molecule has 0 saturated carbocycles. The molecule has 3 aromatic rings. The zero-order valence-corrected chi connectivity index (χ0v) is 20.5. The van der Waals surface area contributed by atoms with Crippen LogP contribution in [-0.4, -0.2) is 23.0 Å². The largest absolute Gasteiger partial charge is 0.519 e. The van der Waals surface area contributed by atoms with E-state index < -0.39 is 37.9 Å². The van der Waals surface area contributed by atoms with Crippen LogP contribution in [0.2, 0.25) is 0 Å². The van der Waals surface area contributed by atoms with Gasteiger partial charge in [-0.1, -0.05) is 30.3 Å². The Balaban J connectivity index is 1.56. The molecule has 0 saturated heterocycles. The zero-order chi connectivity index (χ0) is 26.1.